The number of guanidine groups is 1. The SMILES string of the molecule is CCS(=O)(=O)CCN=C(N)Nc1ccccc1.I. The summed E-state index contributed by atoms with van der Waals surface area (Å²) in [5, 5.41) is 2.88. The molecular weight excluding hydrogens is 365 g/mol. The van der Waals surface area contributed by atoms with Crippen LogP contribution in [0.15, 0.2) is 35.3 Å². The number of aliphatic imine (C=N–C) groups is 1. The quantitative estimate of drug-likeness (QED) is 0.458. The van der Waals surface area contributed by atoms with Crippen LogP contribution in [0.3, 0.4) is 0 Å². The number of hydrogen-bond acceptors (Lipinski definition) is 3. The highest BCUT2D eigenvalue weighted by Crippen LogP contribution is 2.03. The third kappa shape index (κ3) is 6.80. The van der Waals surface area contributed by atoms with Gasteiger partial charge >= 0.3 is 0 Å². The van der Waals surface area contributed by atoms with Crippen LogP contribution < -0.4 is 11.1 Å². The zero-order valence-corrected chi connectivity index (χ0v) is 13.3. The summed E-state index contributed by atoms with van der Waals surface area (Å²) in [4.78, 5) is 3.96. The van der Waals surface area contributed by atoms with Crippen LogP contribution in [0.25, 0.3) is 0 Å². The fourth-order valence-corrected chi connectivity index (χ4v) is 1.82. The second-order valence-corrected chi connectivity index (χ2v) is 5.97. The molecule has 0 radical (unpaired) electrons. The monoisotopic (exact) mass is 383 g/mol. The molecule has 5 nitrogen and oxygen atoms in total. The van der Waals surface area contributed by atoms with Crippen LogP contribution in [0.2, 0.25) is 0 Å². The molecule has 0 fully saturated rings. The largest absolute Gasteiger partial charge is 0.370 e. The normalized spacial score (nSPS) is 11.7. The first-order chi connectivity index (χ1) is 8.03. The molecule has 0 aliphatic carbocycles. The minimum absolute atomic E-state index is 0. The van der Waals surface area contributed by atoms with Crippen LogP contribution in [0, 0.1) is 0 Å². The van der Waals surface area contributed by atoms with Crippen molar-refractivity contribution in [2.45, 2.75) is 6.92 Å². The second-order valence-electron chi connectivity index (χ2n) is 3.49. The van der Waals surface area contributed by atoms with Crippen LogP contribution in [0.4, 0.5) is 5.69 Å². The molecule has 0 amide bonds. The smallest absolute Gasteiger partial charge is 0.193 e. The van der Waals surface area contributed by atoms with Crippen LogP contribution >= 0.6 is 24.0 Å². The molecule has 1 aromatic carbocycles. The highest BCUT2D eigenvalue weighted by atomic mass is 127. The fourth-order valence-electron chi connectivity index (χ4n) is 1.16. The van der Waals surface area contributed by atoms with Crippen LogP contribution in [0.1, 0.15) is 6.92 Å². The Balaban J connectivity index is 0.00000289. The van der Waals surface area contributed by atoms with E-state index in [1.165, 1.54) is 0 Å². The molecule has 0 unspecified atom stereocenters. The first-order valence-corrected chi connectivity index (χ1v) is 7.18. The third-order valence-electron chi connectivity index (χ3n) is 2.17. The Morgan fingerprint density at radius 1 is 1.33 bits per heavy atom. The molecule has 1 rings (SSSR count). The minimum atomic E-state index is -2.98. The lowest BCUT2D eigenvalue weighted by molar-refractivity contribution is 0.597. The van der Waals surface area contributed by atoms with E-state index in [1.54, 1.807) is 6.92 Å². The van der Waals surface area contributed by atoms with Gasteiger partial charge in [0.25, 0.3) is 0 Å². The lowest BCUT2D eigenvalue weighted by Crippen LogP contribution is -2.24. The van der Waals surface area contributed by atoms with E-state index in [0.717, 1.165) is 5.69 Å². The Morgan fingerprint density at radius 2 is 1.94 bits per heavy atom. The molecule has 0 saturated carbocycles. The standard InChI is InChI=1S/C11H17N3O2S.HI/c1-2-17(15,16)9-8-13-11(12)14-10-6-4-3-5-7-10;/h3-7H,2,8-9H2,1H3,(H3,12,13,14);1H. The summed E-state index contributed by atoms with van der Waals surface area (Å²) >= 11 is 0. The molecule has 0 atom stereocenters. The number of sulfone groups is 1. The lowest BCUT2D eigenvalue weighted by atomic mass is 10.3. The Kier molecular flexibility index (Phi) is 7.92. The maximum Gasteiger partial charge on any atom is 0.193 e. The molecule has 7 heteroatoms. The molecule has 0 bridgehead atoms. The zero-order valence-electron chi connectivity index (χ0n) is 10.2. The third-order valence-corrected chi connectivity index (χ3v) is 3.85. The Bertz CT molecular complexity index is 474. The van der Waals surface area contributed by atoms with Gasteiger partial charge in [0.15, 0.2) is 15.8 Å². The van der Waals surface area contributed by atoms with Crippen molar-refractivity contribution in [3.8, 4) is 0 Å². The number of hydrogen-bond donors (Lipinski definition) is 2. The average molecular weight is 383 g/mol. The maximum atomic E-state index is 11.2. The van der Waals surface area contributed by atoms with Crippen LogP contribution in [-0.2, 0) is 9.84 Å². The van der Waals surface area contributed by atoms with E-state index in [1.807, 2.05) is 30.3 Å². The molecule has 0 heterocycles. The van der Waals surface area contributed by atoms with Gasteiger partial charge < -0.3 is 11.1 Å². The van der Waals surface area contributed by atoms with E-state index in [4.69, 9.17) is 5.73 Å². The van der Waals surface area contributed by atoms with Crippen molar-refractivity contribution in [3.05, 3.63) is 30.3 Å². The number of benzene rings is 1. The van der Waals surface area contributed by atoms with Crippen molar-refractivity contribution in [1.29, 1.82) is 0 Å². The highest BCUT2D eigenvalue weighted by molar-refractivity contribution is 14.0. The van der Waals surface area contributed by atoms with Crippen LogP contribution in [0.5, 0.6) is 0 Å². The molecule has 1 aromatic rings. The molecule has 0 saturated heterocycles. The van der Waals surface area contributed by atoms with Gasteiger partial charge in [0.05, 0.1) is 12.3 Å². The van der Waals surface area contributed by atoms with Gasteiger partial charge in [0.2, 0.25) is 0 Å². The summed E-state index contributed by atoms with van der Waals surface area (Å²) < 4.78 is 22.4. The van der Waals surface area contributed by atoms with Crippen molar-refractivity contribution in [3.63, 3.8) is 0 Å². The lowest BCUT2D eigenvalue weighted by Gasteiger charge is -2.04. The summed E-state index contributed by atoms with van der Waals surface area (Å²) in [6.07, 6.45) is 0. The Hall–Kier alpha value is -0.830. The topological polar surface area (TPSA) is 84.5 Å². The zero-order chi connectivity index (χ0) is 12.7. The molecule has 18 heavy (non-hydrogen) atoms. The van der Waals surface area contributed by atoms with Gasteiger partial charge in [-0.15, -0.1) is 24.0 Å². The van der Waals surface area contributed by atoms with Gasteiger partial charge in [0.1, 0.15) is 0 Å². The molecule has 0 aromatic heterocycles. The summed E-state index contributed by atoms with van der Waals surface area (Å²) in [5.41, 5.74) is 6.45. The van der Waals surface area contributed by atoms with Crippen molar-refractivity contribution in [2.24, 2.45) is 10.7 Å². The minimum Gasteiger partial charge on any atom is -0.370 e. The van der Waals surface area contributed by atoms with Crippen molar-refractivity contribution < 1.29 is 8.42 Å². The molecule has 0 aliphatic rings. The Labute approximate surface area is 125 Å². The predicted molar refractivity (Wildman–Crippen MR) is 86.3 cm³/mol. The number of nitrogens with one attached hydrogen (secondary N) is 1. The van der Waals surface area contributed by atoms with Gasteiger partial charge in [0, 0.05) is 11.4 Å². The number of anilines is 1. The molecule has 3 N–H and O–H groups in total. The van der Waals surface area contributed by atoms with Gasteiger partial charge in [-0.3, -0.25) is 4.99 Å². The highest BCUT2D eigenvalue weighted by Gasteiger charge is 2.05. The van der Waals surface area contributed by atoms with Crippen molar-refractivity contribution in [2.75, 3.05) is 23.4 Å². The molecular formula is C11H18IN3O2S. The summed E-state index contributed by atoms with van der Waals surface area (Å²) in [5.74, 6) is 0.386. The fraction of sp³-hybridized carbons (Fsp3) is 0.364. The molecule has 0 spiro atoms. The van der Waals surface area contributed by atoms with E-state index >= 15 is 0 Å². The number of nitrogens with zero attached hydrogens (tertiary/aromatic N) is 1. The summed E-state index contributed by atoms with van der Waals surface area (Å²) in [7, 11) is -2.98. The molecule has 102 valence electrons. The number of halogens is 1. The van der Waals surface area contributed by atoms with Gasteiger partial charge in [-0.05, 0) is 12.1 Å². The number of para-hydroxylation sites is 1. The first kappa shape index (κ1) is 17.2. The van der Waals surface area contributed by atoms with E-state index in [9.17, 15) is 8.42 Å². The van der Waals surface area contributed by atoms with Gasteiger partial charge in [-0.25, -0.2) is 8.42 Å². The first-order valence-electron chi connectivity index (χ1n) is 5.36. The van der Waals surface area contributed by atoms with Gasteiger partial charge in [-0.1, -0.05) is 25.1 Å². The summed E-state index contributed by atoms with van der Waals surface area (Å²) in [6, 6.07) is 9.34. The molecule has 0 aliphatic heterocycles. The maximum absolute atomic E-state index is 11.2. The average Bonchev–Trinajstić information content (AvgIpc) is 2.30. The van der Waals surface area contributed by atoms with E-state index < -0.39 is 9.84 Å². The number of rotatable bonds is 5. The van der Waals surface area contributed by atoms with E-state index in [0.29, 0.717) is 0 Å². The van der Waals surface area contributed by atoms with E-state index in [-0.39, 0.29) is 48.0 Å². The van der Waals surface area contributed by atoms with Crippen molar-refractivity contribution >= 4 is 45.5 Å². The number of nitrogens with two attached hydrogens (primary N) is 1. The van der Waals surface area contributed by atoms with Gasteiger partial charge in [-0.2, -0.15) is 0 Å². The Morgan fingerprint density at radius 3 is 2.50 bits per heavy atom. The van der Waals surface area contributed by atoms with Crippen molar-refractivity contribution in [1.82, 2.24) is 0 Å². The van der Waals surface area contributed by atoms with Crippen LogP contribution in [-0.4, -0.2) is 32.4 Å². The van der Waals surface area contributed by atoms with E-state index in [2.05, 4.69) is 10.3 Å². The predicted octanol–water partition coefficient (Wildman–Crippen LogP) is 1.47. The second kappa shape index (κ2) is 8.30. The summed E-state index contributed by atoms with van der Waals surface area (Å²) in [6.45, 7) is 1.80.